The van der Waals surface area contributed by atoms with Crippen LogP contribution in [0.4, 0.5) is 13.2 Å². The minimum Gasteiger partial charge on any atom is -0.295 e. The minimum atomic E-state index is -4.10. The van der Waals surface area contributed by atoms with E-state index in [1.165, 1.54) is 0 Å². The predicted octanol–water partition coefficient (Wildman–Crippen LogP) is 1.65. The first-order valence-corrected chi connectivity index (χ1v) is 6.82. The molecule has 20 heavy (non-hydrogen) atoms. The van der Waals surface area contributed by atoms with Crippen molar-refractivity contribution in [2.45, 2.75) is 38.4 Å². The standard InChI is InChI=1S/C12H17F3N4O/c13-12(14,15)8-2-5-19(7-11(8)3-1-4-11)6-9-16-10(20)18-17-9/h8H,1-7H2,(H2,16,17,18,20). The molecule has 1 spiro atoms. The van der Waals surface area contributed by atoms with Gasteiger partial charge in [0.2, 0.25) is 0 Å². The third-order valence-corrected chi connectivity index (χ3v) is 4.68. The molecule has 2 N–H and O–H groups in total. The Kier molecular flexibility index (Phi) is 3.15. The van der Waals surface area contributed by atoms with Gasteiger partial charge in [-0.25, -0.2) is 9.89 Å². The number of rotatable bonds is 2. The van der Waals surface area contributed by atoms with Crippen molar-refractivity contribution in [3.05, 3.63) is 16.3 Å². The van der Waals surface area contributed by atoms with Crippen LogP contribution in [0.15, 0.2) is 4.79 Å². The van der Waals surface area contributed by atoms with Crippen molar-refractivity contribution >= 4 is 0 Å². The van der Waals surface area contributed by atoms with E-state index < -0.39 is 17.5 Å². The lowest BCUT2D eigenvalue weighted by molar-refractivity contribution is -0.238. The van der Waals surface area contributed by atoms with Crippen LogP contribution >= 0.6 is 0 Å². The van der Waals surface area contributed by atoms with Crippen LogP contribution in [0.25, 0.3) is 0 Å². The fourth-order valence-electron chi connectivity index (χ4n) is 3.63. The zero-order valence-electron chi connectivity index (χ0n) is 11.0. The first kappa shape index (κ1) is 13.7. The van der Waals surface area contributed by atoms with E-state index in [-0.39, 0.29) is 12.1 Å². The van der Waals surface area contributed by atoms with E-state index in [0.717, 1.165) is 6.42 Å². The molecule has 1 aromatic rings. The molecule has 1 atom stereocenters. The normalized spacial score (nSPS) is 26.6. The number of aromatic amines is 2. The number of aromatic nitrogens is 3. The number of H-pyrrole nitrogens is 2. The highest BCUT2D eigenvalue weighted by Gasteiger charge is 2.57. The average molecular weight is 290 g/mol. The van der Waals surface area contributed by atoms with Crippen molar-refractivity contribution in [2.24, 2.45) is 11.3 Å². The Labute approximate surface area is 113 Å². The van der Waals surface area contributed by atoms with Gasteiger partial charge in [0.15, 0.2) is 0 Å². The van der Waals surface area contributed by atoms with Crippen LogP contribution in [0.5, 0.6) is 0 Å². The maximum absolute atomic E-state index is 13.1. The van der Waals surface area contributed by atoms with Gasteiger partial charge in [-0.2, -0.15) is 18.3 Å². The molecule has 0 amide bonds. The summed E-state index contributed by atoms with van der Waals surface area (Å²) in [5, 5.41) is 6.08. The van der Waals surface area contributed by atoms with Crippen LogP contribution < -0.4 is 5.69 Å². The van der Waals surface area contributed by atoms with E-state index in [1.807, 2.05) is 4.90 Å². The molecule has 1 unspecified atom stereocenters. The molecule has 2 fully saturated rings. The molecule has 5 nitrogen and oxygen atoms in total. The first-order valence-electron chi connectivity index (χ1n) is 6.82. The largest absolute Gasteiger partial charge is 0.392 e. The molecule has 0 bridgehead atoms. The van der Waals surface area contributed by atoms with Gasteiger partial charge < -0.3 is 0 Å². The third-order valence-electron chi connectivity index (χ3n) is 4.68. The van der Waals surface area contributed by atoms with Crippen LogP contribution in [-0.2, 0) is 6.54 Å². The smallest absolute Gasteiger partial charge is 0.295 e. The molecule has 1 saturated heterocycles. The summed E-state index contributed by atoms with van der Waals surface area (Å²) in [5.41, 5.74) is -1.00. The second-order valence-electron chi connectivity index (χ2n) is 5.93. The van der Waals surface area contributed by atoms with Gasteiger partial charge in [-0.15, -0.1) is 0 Å². The highest BCUT2D eigenvalue weighted by molar-refractivity contribution is 5.01. The number of hydrogen-bond donors (Lipinski definition) is 2. The number of hydrogen-bond acceptors (Lipinski definition) is 3. The lowest BCUT2D eigenvalue weighted by Crippen LogP contribution is -2.56. The minimum absolute atomic E-state index is 0.137. The van der Waals surface area contributed by atoms with Crippen molar-refractivity contribution in [1.82, 2.24) is 20.1 Å². The van der Waals surface area contributed by atoms with Gasteiger partial charge >= 0.3 is 11.9 Å². The zero-order valence-corrected chi connectivity index (χ0v) is 11.0. The summed E-state index contributed by atoms with van der Waals surface area (Å²) in [5.74, 6) is -0.701. The zero-order chi connectivity index (χ0) is 14.4. The summed E-state index contributed by atoms with van der Waals surface area (Å²) < 4.78 is 39.4. The average Bonchev–Trinajstić information content (AvgIpc) is 2.71. The molecule has 2 aliphatic rings. The molecule has 2 heterocycles. The molecule has 3 rings (SSSR count). The van der Waals surface area contributed by atoms with Crippen molar-refractivity contribution < 1.29 is 13.2 Å². The van der Waals surface area contributed by atoms with Gasteiger partial charge in [-0.05, 0) is 31.2 Å². The van der Waals surface area contributed by atoms with Crippen molar-refractivity contribution in [3.63, 3.8) is 0 Å². The second kappa shape index (κ2) is 4.61. The molecule has 1 aliphatic carbocycles. The highest BCUT2D eigenvalue weighted by atomic mass is 19.4. The van der Waals surface area contributed by atoms with Crippen LogP contribution in [0.1, 0.15) is 31.5 Å². The van der Waals surface area contributed by atoms with Gasteiger partial charge in [-0.3, -0.25) is 9.88 Å². The Hall–Kier alpha value is -1.31. The summed E-state index contributed by atoms with van der Waals surface area (Å²) >= 11 is 0. The number of likely N-dealkylation sites (tertiary alicyclic amines) is 1. The molecule has 8 heteroatoms. The Balaban J connectivity index is 1.71. The summed E-state index contributed by atoms with van der Waals surface area (Å²) in [6, 6.07) is 0. The Morgan fingerprint density at radius 2 is 2.15 bits per heavy atom. The maximum atomic E-state index is 13.1. The predicted molar refractivity (Wildman–Crippen MR) is 64.9 cm³/mol. The maximum Gasteiger partial charge on any atom is 0.392 e. The van der Waals surface area contributed by atoms with Gasteiger partial charge in [0.25, 0.3) is 0 Å². The van der Waals surface area contributed by atoms with Crippen molar-refractivity contribution in [3.8, 4) is 0 Å². The molecule has 1 saturated carbocycles. The van der Waals surface area contributed by atoms with Crippen LogP contribution in [0.3, 0.4) is 0 Å². The molecule has 1 aliphatic heterocycles. The SMILES string of the molecule is O=c1[nH]nc(CN2CCC(C(F)(F)F)C3(CCC3)C2)[nH]1. The van der Waals surface area contributed by atoms with Crippen LogP contribution in [0, 0.1) is 11.3 Å². The summed E-state index contributed by atoms with van der Waals surface area (Å²) in [4.78, 5) is 15.5. The number of alkyl halides is 3. The van der Waals surface area contributed by atoms with E-state index in [4.69, 9.17) is 0 Å². The number of halogens is 3. The van der Waals surface area contributed by atoms with E-state index >= 15 is 0 Å². The van der Waals surface area contributed by atoms with Crippen LogP contribution in [0.2, 0.25) is 0 Å². The molecular weight excluding hydrogens is 273 g/mol. The lowest BCUT2D eigenvalue weighted by Gasteiger charge is -2.54. The van der Waals surface area contributed by atoms with E-state index in [0.29, 0.717) is 38.3 Å². The molecule has 0 radical (unpaired) electrons. The monoisotopic (exact) mass is 290 g/mol. The summed E-state index contributed by atoms with van der Waals surface area (Å²) in [6.07, 6.45) is -1.81. The summed E-state index contributed by atoms with van der Waals surface area (Å²) in [6.45, 7) is 1.22. The Bertz CT molecular complexity index is 531. The topological polar surface area (TPSA) is 64.8 Å². The third kappa shape index (κ3) is 2.36. The van der Waals surface area contributed by atoms with E-state index in [9.17, 15) is 18.0 Å². The first-order chi connectivity index (χ1) is 9.39. The number of nitrogens with one attached hydrogen (secondary N) is 2. The van der Waals surface area contributed by atoms with Crippen molar-refractivity contribution in [1.29, 1.82) is 0 Å². The lowest BCUT2D eigenvalue weighted by atomic mass is 9.58. The second-order valence-corrected chi connectivity index (χ2v) is 5.93. The number of piperidine rings is 1. The molecule has 1 aromatic heterocycles. The molecular formula is C12H17F3N4O. The van der Waals surface area contributed by atoms with E-state index in [2.05, 4.69) is 15.2 Å². The number of nitrogens with zero attached hydrogens (tertiary/aromatic N) is 2. The van der Waals surface area contributed by atoms with Gasteiger partial charge in [0.05, 0.1) is 12.5 Å². The molecule has 0 aromatic carbocycles. The van der Waals surface area contributed by atoms with Gasteiger partial charge in [-0.1, -0.05) is 6.42 Å². The quantitative estimate of drug-likeness (QED) is 0.870. The van der Waals surface area contributed by atoms with E-state index in [1.54, 1.807) is 0 Å². The van der Waals surface area contributed by atoms with Gasteiger partial charge in [0.1, 0.15) is 5.82 Å². The molecule has 112 valence electrons. The van der Waals surface area contributed by atoms with Crippen LogP contribution in [-0.4, -0.2) is 39.3 Å². The Morgan fingerprint density at radius 1 is 1.40 bits per heavy atom. The summed E-state index contributed by atoms with van der Waals surface area (Å²) in [7, 11) is 0. The van der Waals surface area contributed by atoms with Gasteiger partial charge in [0, 0.05) is 6.54 Å². The Morgan fingerprint density at radius 3 is 2.65 bits per heavy atom. The fraction of sp³-hybridized carbons (Fsp3) is 0.833. The highest BCUT2D eigenvalue weighted by Crippen LogP contribution is 2.56. The fourth-order valence-corrected chi connectivity index (χ4v) is 3.63. The van der Waals surface area contributed by atoms with Crippen molar-refractivity contribution in [2.75, 3.05) is 13.1 Å².